The Hall–Kier alpha value is -3.69. The maximum absolute atomic E-state index is 13.4. The van der Waals surface area contributed by atoms with Crippen LogP contribution in [-0.2, 0) is 17.9 Å². The second-order valence-corrected chi connectivity index (χ2v) is 8.48. The van der Waals surface area contributed by atoms with Gasteiger partial charge in [0, 0.05) is 37.0 Å². The Morgan fingerprint density at radius 2 is 2.09 bits per heavy atom. The summed E-state index contributed by atoms with van der Waals surface area (Å²) in [6.07, 6.45) is 3.66. The number of ether oxygens (including phenoxy) is 1. The van der Waals surface area contributed by atoms with E-state index in [-0.39, 0.29) is 23.7 Å². The molecule has 1 aliphatic rings. The second kappa shape index (κ2) is 9.05. The minimum Gasteiger partial charge on any atom is -0.496 e. The molecule has 2 N–H and O–H groups in total. The summed E-state index contributed by atoms with van der Waals surface area (Å²) in [6, 6.07) is 4.17. The Morgan fingerprint density at radius 1 is 1.30 bits per heavy atom. The summed E-state index contributed by atoms with van der Waals surface area (Å²) in [7, 11) is 3.40. The van der Waals surface area contributed by atoms with E-state index in [1.807, 2.05) is 38.9 Å². The van der Waals surface area contributed by atoms with Crippen LogP contribution in [0.3, 0.4) is 0 Å². The number of halogens is 1. The number of likely N-dealkylation sites (N-methyl/N-ethyl adjacent to an activating group) is 1. The van der Waals surface area contributed by atoms with E-state index in [2.05, 4.69) is 25.7 Å². The molecule has 1 aromatic carbocycles. The molecule has 1 atom stereocenters. The van der Waals surface area contributed by atoms with Crippen molar-refractivity contribution in [2.45, 2.75) is 39.9 Å². The van der Waals surface area contributed by atoms with Gasteiger partial charge in [0.15, 0.2) is 5.82 Å². The maximum Gasteiger partial charge on any atom is 0.247 e. The van der Waals surface area contributed by atoms with Crippen LogP contribution < -0.4 is 20.3 Å². The van der Waals surface area contributed by atoms with E-state index < -0.39 is 0 Å². The average molecular weight is 454 g/mol. The number of hydrogen-bond donors (Lipinski definition) is 2. The predicted molar refractivity (Wildman–Crippen MR) is 124 cm³/mol. The summed E-state index contributed by atoms with van der Waals surface area (Å²) in [5.41, 5.74) is 3.12. The van der Waals surface area contributed by atoms with Gasteiger partial charge in [0.25, 0.3) is 0 Å². The predicted octanol–water partition coefficient (Wildman–Crippen LogP) is 3.20. The van der Waals surface area contributed by atoms with Crippen LogP contribution >= 0.6 is 0 Å². The number of amides is 1. The molecule has 0 saturated carbocycles. The zero-order chi connectivity index (χ0) is 23.7. The third kappa shape index (κ3) is 4.59. The molecule has 1 amide bonds. The van der Waals surface area contributed by atoms with Crippen molar-refractivity contribution in [1.82, 2.24) is 19.7 Å². The monoisotopic (exact) mass is 453 g/mol. The number of aromatic nitrogens is 4. The van der Waals surface area contributed by atoms with Gasteiger partial charge >= 0.3 is 0 Å². The van der Waals surface area contributed by atoms with Gasteiger partial charge in [-0.3, -0.25) is 9.48 Å². The van der Waals surface area contributed by atoms with Crippen LogP contribution in [0.4, 0.5) is 21.8 Å². The van der Waals surface area contributed by atoms with Crippen molar-refractivity contribution in [2.75, 3.05) is 29.7 Å². The van der Waals surface area contributed by atoms with Crippen molar-refractivity contribution >= 4 is 23.4 Å². The Labute approximate surface area is 192 Å². The molecule has 3 aromatic rings. The van der Waals surface area contributed by atoms with E-state index in [1.165, 1.54) is 19.2 Å². The Morgan fingerprint density at radius 3 is 2.82 bits per heavy atom. The first-order valence-corrected chi connectivity index (χ1v) is 10.8. The average Bonchev–Trinajstić information content (AvgIpc) is 3.21. The number of fused-ring (bicyclic) bond motifs is 1. The van der Waals surface area contributed by atoms with Gasteiger partial charge in [-0.05, 0) is 18.9 Å². The molecule has 0 radical (unpaired) electrons. The quantitative estimate of drug-likeness (QED) is 0.567. The summed E-state index contributed by atoms with van der Waals surface area (Å²) in [5.74, 6) is 1.41. The van der Waals surface area contributed by atoms with E-state index in [0.717, 1.165) is 11.1 Å². The normalized spacial score (nSPS) is 15.4. The Bertz CT molecular complexity index is 1180. The van der Waals surface area contributed by atoms with Gasteiger partial charge in [-0.2, -0.15) is 10.1 Å². The number of hydrogen-bond acceptors (Lipinski definition) is 7. The van der Waals surface area contributed by atoms with Gasteiger partial charge in [-0.1, -0.05) is 19.9 Å². The first-order valence-electron chi connectivity index (χ1n) is 10.8. The molecule has 1 unspecified atom stereocenters. The molecule has 0 aliphatic carbocycles. The number of nitrogens with one attached hydrogen (secondary N) is 2. The molecule has 33 heavy (non-hydrogen) atoms. The van der Waals surface area contributed by atoms with Crippen molar-refractivity contribution in [3.05, 3.63) is 53.2 Å². The molecular formula is C23H28FN7O2. The van der Waals surface area contributed by atoms with Gasteiger partial charge in [0.1, 0.15) is 23.3 Å². The largest absolute Gasteiger partial charge is 0.496 e. The van der Waals surface area contributed by atoms with E-state index >= 15 is 0 Å². The zero-order valence-electron chi connectivity index (χ0n) is 19.4. The first kappa shape index (κ1) is 22.5. The maximum atomic E-state index is 13.4. The van der Waals surface area contributed by atoms with E-state index in [0.29, 0.717) is 42.0 Å². The number of aryl methyl sites for hydroxylation is 1. The molecule has 1 aliphatic heterocycles. The standard InChI is InChI=1S/C23H28FN7O2/c1-13(2)20-22(32)28-19-14(3)27-23(29-21(19)30(20)4)25-9-15-10-26-31(11-15)12-16-6-7-17(24)8-18(16)33-5/h6-8,10-11,13,20H,9,12H2,1-5H3,(H,28,32)(H,25,27,29). The summed E-state index contributed by atoms with van der Waals surface area (Å²) in [4.78, 5) is 23.6. The minimum absolute atomic E-state index is 0.0439. The summed E-state index contributed by atoms with van der Waals surface area (Å²) < 4.78 is 20.5. The summed E-state index contributed by atoms with van der Waals surface area (Å²) >= 11 is 0. The highest BCUT2D eigenvalue weighted by atomic mass is 19.1. The number of methoxy groups -OCH3 is 1. The van der Waals surface area contributed by atoms with Crippen molar-refractivity contribution in [3.8, 4) is 5.75 Å². The van der Waals surface area contributed by atoms with E-state index in [9.17, 15) is 9.18 Å². The van der Waals surface area contributed by atoms with Crippen LogP contribution in [0.15, 0.2) is 30.6 Å². The van der Waals surface area contributed by atoms with Gasteiger partial charge < -0.3 is 20.3 Å². The number of carbonyl (C=O) groups excluding carboxylic acids is 1. The highest BCUT2D eigenvalue weighted by Gasteiger charge is 2.35. The fourth-order valence-electron chi connectivity index (χ4n) is 4.08. The molecule has 10 heteroatoms. The zero-order valence-corrected chi connectivity index (χ0v) is 19.4. The third-order valence-corrected chi connectivity index (χ3v) is 5.69. The van der Waals surface area contributed by atoms with Gasteiger partial charge in [0.05, 0.1) is 25.5 Å². The molecule has 0 spiro atoms. The van der Waals surface area contributed by atoms with Crippen LogP contribution in [-0.4, -0.2) is 45.9 Å². The number of benzene rings is 1. The highest BCUT2D eigenvalue weighted by Crippen LogP contribution is 2.34. The van der Waals surface area contributed by atoms with E-state index in [4.69, 9.17) is 4.74 Å². The molecular weight excluding hydrogens is 425 g/mol. The molecule has 174 valence electrons. The fourth-order valence-corrected chi connectivity index (χ4v) is 4.08. The minimum atomic E-state index is -0.341. The fraction of sp³-hybridized carbons (Fsp3) is 0.391. The molecule has 0 bridgehead atoms. The van der Waals surface area contributed by atoms with Crippen molar-refractivity contribution in [2.24, 2.45) is 5.92 Å². The lowest BCUT2D eigenvalue weighted by molar-refractivity contribution is -0.118. The summed E-state index contributed by atoms with van der Waals surface area (Å²) in [6.45, 7) is 6.81. The Balaban J connectivity index is 1.47. The lowest BCUT2D eigenvalue weighted by Crippen LogP contribution is -2.49. The summed E-state index contributed by atoms with van der Waals surface area (Å²) in [5, 5.41) is 10.6. The molecule has 2 aromatic heterocycles. The van der Waals surface area contributed by atoms with Crippen LogP contribution in [0.2, 0.25) is 0 Å². The Kier molecular flexibility index (Phi) is 6.17. The van der Waals surface area contributed by atoms with Crippen molar-refractivity contribution in [3.63, 3.8) is 0 Å². The molecule has 3 heterocycles. The number of nitrogens with zero attached hydrogens (tertiary/aromatic N) is 5. The number of rotatable bonds is 7. The van der Waals surface area contributed by atoms with Crippen LogP contribution in [0, 0.1) is 18.7 Å². The van der Waals surface area contributed by atoms with Gasteiger partial charge in [0.2, 0.25) is 11.9 Å². The van der Waals surface area contributed by atoms with Crippen LogP contribution in [0.5, 0.6) is 5.75 Å². The molecule has 9 nitrogen and oxygen atoms in total. The lowest BCUT2D eigenvalue weighted by Gasteiger charge is -2.36. The lowest BCUT2D eigenvalue weighted by atomic mass is 9.99. The van der Waals surface area contributed by atoms with Gasteiger partial charge in [-0.25, -0.2) is 9.37 Å². The first-order chi connectivity index (χ1) is 15.8. The number of anilines is 3. The highest BCUT2D eigenvalue weighted by molar-refractivity contribution is 6.03. The van der Waals surface area contributed by atoms with Crippen molar-refractivity contribution in [1.29, 1.82) is 0 Å². The topological polar surface area (TPSA) is 97.2 Å². The third-order valence-electron chi connectivity index (χ3n) is 5.69. The van der Waals surface area contributed by atoms with Gasteiger partial charge in [-0.15, -0.1) is 0 Å². The number of carbonyl (C=O) groups is 1. The molecule has 0 fully saturated rings. The van der Waals surface area contributed by atoms with E-state index in [1.54, 1.807) is 16.9 Å². The molecule has 0 saturated heterocycles. The van der Waals surface area contributed by atoms with Crippen LogP contribution in [0.1, 0.15) is 30.7 Å². The van der Waals surface area contributed by atoms with Crippen LogP contribution in [0.25, 0.3) is 0 Å². The SMILES string of the molecule is COc1cc(F)ccc1Cn1cc(CNc2nc(C)c3c(n2)N(C)C(C(C)C)C(=O)N3)cn1. The van der Waals surface area contributed by atoms with Crippen molar-refractivity contribution < 1.29 is 13.9 Å². The second-order valence-electron chi connectivity index (χ2n) is 8.48. The smallest absolute Gasteiger partial charge is 0.247 e. The molecule has 4 rings (SSSR count).